The molecule has 0 radical (unpaired) electrons. The summed E-state index contributed by atoms with van der Waals surface area (Å²) in [6.45, 7) is 7.95. The minimum Gasteiger partial charge on any atom is -0.388 e. The molecule has 0 bridgehead atoms. The van der Waals surface area contributed by atoms with Crippen molar-refractivity contribution >= 4 is 0 Å². The molecule has 0 aliphatic rings. The fourth-order valence-corrected chi connectivity index (χ4v) is 1.18. The van der Waals surface area contributed by atoms with Gasteiger partial charge in [-0.3, -0.25) is 0 Å². The number of likely N-dealkylation sites (N-methyl/N-ethyl adjacent to an activating group) is 1. The highest BCUT2D eigenvalue weighted by Crippen LogP contribution is 2.07. The van der Waals surface area contributed by atoms with Crippen molar-refractivity contribution in [3.8, 4) is 0 Å². The Bertz CT molecular complexity index is 244. The second kappa shape index (κ2) is 8.36. The lowest BCUT2D eigenvalue weighted by Gasteiger charge is -1.99. The van der Waals surface area contributed by atoms with Crippen LogP contribution in [0.1, 0.15) is 26.7 Å². The quantitative estimate of drug-likeness (QED) is 0.633. The van der Waals surface area contributed by atoms with Crippen molar-refractivity contribution < 1.29 is 0 Å². The summed E-state index contributed by atoms with van der Waals surface area (Å²) in [6.07, 6.45) is 12.5. The molecule has 0 atom stereocenters. The first-order valence-corrected chi connectivity index (χ1v) is 5.12. The number of nitrogens with one attached hydrogen (secondary N) is 1. The van der Waals surface area contributed by atoms with E-state index in [2.05, 4.69) is 43.1 Å². The van der Waals surface area contributed by atoms with Crippen molar-refractivity contribution in [3.63, 3.8) is 0 Å². The molecule has 0 aliphatic carbocycles. The van der Waals surface area contributed by atoms with Crippen molar-refractivity contribution in [2.75, 3.05) is 7.05 Å². The summed E-state index contributed by atoms with van der Waals surface area (Å²) in [5.74, 6) is 0. The maximum absolute atomic E-state index is 3.72. The maximum Gasteiger partial charge on any atom is 0.0331 e. The highest BCUT2D eigenvalue weighted by Gasteiger charge is 1.89. The SMILES string of the molecule is C=C\C(=C/C=C(\C=C/C)CCC)NC. The molecule has 14 heavy (non-hydrogen) atoms. The van der Waals surface area contributed by atoms with Crippen LogP contribution in [0.15, 0.2) is 48.2 Å². The Balaban J connectivity index is 4.55. The van der Waals surface area contributed by atoms with Crippen molar-refractivity contribution in [1.82, 2.24) is 5.32 Å². The van der Waals surface area contributed by atoms with E-state index < -0.39 is 0 Å². The monoisotopic (exact) mass is 191 g/mol. The van der Waals surface area contributed by atoms with Gasteiger partial charge in [0, 0.05) is 12.7 Å². The molecule has 78 valence electrons. The van der Waals surface area contributed by atoms with E-state index in [9.17, 15) is 0 Å². The lowest BCUT2D eigenvalue weighted by molar-refractivity contribution is 0.925. The molecule has 0 saturated carbocycles. The van der Waals surface area contributed by atoms with Crippen LogP contribution in [0.4, 0.5) is 0 Å². The van der Waals surface area contributed by atoms with Gasteiger partial charge in [-0.2, -0.15) is 0 Å². The van der Waals surface area contributed by atoms with E-state index in [0.717, 1.165) is 12.1 Å². The third-order valence-corrected chi connectivity index (χ3v) is 1.90. The summed E-state index contributed by atoms with van der Waals surface area (Å²) in [7, 11) is 1.90. The van der Waals surface area contributed by atoms with Gasteiger partial charge in [-0.1, -0.05) is 38.2 Å². The molecule has 0 aliphatic heterocycles. The normalized spacial score (nSPS) is 13.4. The minimum absolute atomic E-state index is 1.04. The van der Waals surface area contributed by atoms with E-state index >= 15 is 0 Å². The molecule has 0 saturated heterocycles. The summed E-state index contributed by atoms with van der Waals surface area (Å²) in [4.78, 5) is 0. The molecule has 1 heteroatoms. The van der Waals surface area contributed by atoms with Gasteiger partial charge < -0.3 is 5.32 Å². The molecule has 0 amide bonds. The van der Waals surface area contributed by atoms with Crippen LogP contribution in [0.3, 0.4) is 0 Å². The summed E-state index contributed by atoms with van der Waals surface area (Å²) < 4.78 is 0. The van der Waals surface area contributed by atoms with Gasteiger partial charge in [0.2, 0.25) is 0 Å². The van der Waals surface area contributed by atoms with Crippen LogP contribution in [-0.4, -0.2) is 7.05 Å². The zero-order valence-electron chi connectivity index (χ0n) is 9.51. The smallest absolute Gasteiger partial charge is 0.0331 e. The first-order chi connectivity index (χ1) is 6.78. The maximum atomic E-state index is 3.72. The number of hydrogen-bond donors (Lipinski definition) is 1. The lowest BCUT2D eigenvalue weighted by Crippen LogP contribution is -2.01. The molecule has 0 aromatic carbocycles. The molecule has 0 unspecified atom stereocenters. The zero-order valence-corrected chi connectivity index (χ0v) is 9.51. The molecular weight excluding hydrogens is 170 g/mol. The molecule has 0 aromatic rings. The summed E-state index contributed by atoms with van der Waals surface area (Å²) in [6, 6.07) is 0. The van der Waals surface area contributed by atoms with Crippen molar-refractivity contribution in [3.05, 3.63) is 48.2 Å². The Kier molecular flexibility index (Phi) is 7.62. The van der Waals surface area contributed by atoms with Gasteiger partial charge in [-0.15, -0.1) is 0 Å². The second-order valence-electron chi connectivity index (χ2n) is 3.07. The fraction of sp³-hybridized carbons (Fsp3) is 0.385. The average Bonchev–Trinajstić information content (AvgIpc) is 2.20. The van der Waals surface area contributed by atoms with Crippen LogP contribution in [0.2, 0.25) is 0 Å². The van der Waals surface area contributed by atoms with E-state index in [0.29, 0.717) is 0 Å². The van der Waals surface area contributed by atoms with Crippen LogP contribution in [0, 0.1) is 0 Å². The third kappa shape index (κ3) is 5.41. The number of rotatable bonds is 6. The van der Waals surface area contributed by atoms with Crippen LogP contribution in [0.5, 0.6) is 0 Å². The van der Waals surface area contributed by atoms with Gasteiger partial charge in [-0.25, -0.2) is 0 Å². The summed E-state index contributed by atoms with van der Waals surface area (Å²) >= 11 is 0. The molecule has 0 heterocycles. The summed E-state index contributed by atoms with van der Waals surface area (Å²) in [5.41, 5.74) is 2.40. The van der Waals surface area contributed by atoms with E-state index in [4.69, 9.17) is 0 Å². The first-order valence-electron chi connectivity index (χ1n) is 5.12. The molecule has 0 fully saturated rings. The lowest BCUT2D eigenvalue weighted by atomic mass is 10.1. The fourth-order valence-electron chi connectivity index (χ4n) is 1.18. The van der Waals surface area contributed by atoms with E-state index in [-0.39, 0.29) is 0 Å². The Labute approximate surface area is 87.9 Å². The van der Waals surface area contributed by atoms with Gasteiger partial charge in [0.15, 0.2) is 0 Å². The number of allylic oxidation sites excluding steroid dienone is 6. The highest BCUT2D eigenvalue weighted by atomic mass is 14.8. The Morgan fingerprint density at radius 2 is 2.07 bits per heavy atom. The standard InChI is InChI=1S/C13H21N/c1-5-8-12(9-6-2)10-11-13(7-3)14-4/h5,7-8,10-11,14H,3,6,9H2,1-2,4H3/b8-5-,12-10+,13-11+. The molecule has 1 N–H and O–H groups in total. The first kappa shape index (κ1) is 12.8. The molecule has 0 aromatic heterocycles. The second-order valence-corrected chi connectivity index (χ2v) is 3.07. The van der Waals surface area contributed by atoms with Crippen molar-refractivity contribution in [1.29, 1.82) is 0 Å². The van der Waals surface area contributed by atoms with Gasteiger partial charge >= 0.3 is 0 Å². The van der Waals surface area contributed by atoms with Crippen molar-refractivity contribution in [2.45, 2.75) is 26.7 Å². The largest absolute Gasteiger partial charge is 0.388 e. The Hall–Kier alpha value is -1.24. The number of hydrogen-bond acceptors (Lipinski definition) is 1. The summed E-state index contributed by atoms with van der Waals surface area (Å²) in [5, 5.41) is 3.07. The topological polar surface area (TPSA) is 12.0 Å². The van der Waals surface area contributed by atoms with E-state index in [1.807, 2.05) is 20.0 Å². The zero-order chi connectivity index (χ0) is 10.8. The predicted octanol–water partition coefficient (Wildman–Crippen LogP) is 3.58. The molecule has 0 spiro atoms. The Morgan fingerprint density at radius 1 is 1.36 bits per heavy atom. The predicted molar refractivity (Wildman–Crippen MR) is 65.1 cm³/mol. The van der Waals surface area contributed by atoms with Crippen molar-refractivity contribution in [2.24, 2.45) is 0 Å². The van der Waals surface area contributed by atoms with E-state index in [1.165, 1.54) is 12.0 Å². The van der Waals surface area contributed by atoms with E-state index in [1.54, 1.807) is 0 Å². The van der Waals surface area contributed by atoms with Crippen LogP contribution >= 0.6 is 0 Å². The molecule has 0 rings (SSSR count). The van der Waals surface area contributed by atoms with Crippen LogP contribution in [-0.2, 0) is 0 Å². The minimum atomic E-state index is 1.04. The highest BCUT2D eigenvalue weighted by molar-refractivity contribution is 5.28. The Morgan fingerprint density at radius 3 is 2.50 bits per heavy atom. The average molecular weight is 191 g/mol. The van der Waals surface area contributed by atoms with Gasteiger partial charge in [-0.05, 0) is 31.1 Å². The molecular formula is C13H21N. The van der Waals surface area contributed by atoms with Gasteiger partial charge in [0.05, 0.1) is 0 Å². The van der Waals surface area contributed by atoms with Crippen LogP contribution in [0.25, 0.3) is 0 Å². The van der Waals surface area contributed by atoms with Gasteiger partial charge in [0.25, 0.3) is 0 Å². The van der Waals surface area contributed by atoms with Crippen LogP contribution < -0.4 is 5.32 Å². The molecule has 1 nitrogen and oxygen atoms in total. The third-order valence-electron chi connectivity index (χ3n) is 1.90. The van der Waals surface area contributed by atoms with Gasteiger partial charge in [0.1, 0.15) is 0 Å².